The number of carbonyl (C=O) groups is 3. The lowest BCUT2D eigenvalue weighted by molar-refractivity contribution is 0.0733. The Kier molecular flexibility index (Phi) is 9.18. The molecule has 0 aliphatic carbocycles. The van der Waals surface area contributed by atoms with Gasteiger partial charge in [-0.2, -0.15) is 5.10 Å². The molecular formula is C31H20Br2ClN3O4S. The van der Waals surface area contributed by atoms with Gasteiger partial charge in [0.2, 0.25) is 0 Å². The molecule has 4 aromatic carbocycles. The third-order valence-corrected chi connectivity index (χ3v) is 8.68. The molecule has 5 aromatic rings. The van der Waals surface area contributed by atoms with Crippen molar-refractivity contribution < 1.29 is 19.1 Å². The predicted molar refractivity (Wildman–Crippen MR) is 174 cm³/mol. The predicted octanol–water partition coefficient (Wildman–Crippen LogP) is 8.62. The Hall–Kier alpha value is -3.83. The highest BCUT2D eigenvalue weighted by Crippen LogP contribution is 2.37. The number of esters is 1. The molecule has 210 valence electrons. The third-order valence-electron chi connectivity index (χ3n) is 6.03. The maximum atomic E-state index is 12.9. The van der Waals surface area contributed by atoms with Gasteiger partial charge in [-0.15, -0.1) is 11.3 Å². The molecule has 1 heterocycles. The van der Waals surface area contributed by atoms with Crippen LogP contribution in [0.4, 0.5) is 5.69 Å². The standard InChI is InChI=1S/C31H20Br2ClN3O4S/c1-17-2-4-19(5-3-17)31(40)41-25-13-9-21(32)14-20(25)16-35-37-29(38)18-6-10-23(11-7-18)36-30(39)28-27(34)24-12-8-22(33)15-26(24)42-28/h2-16H,1H3,(H,36,39)(H,37,38)/b35-16-. The van der Waals surface area contributed by atoms with Crippen molar-refractivity contribution in [3.8, 4) is 5.75 Å². The summed E-state index contributed by atoms with van der Waals surface area (Å²) in [6.07, 6.45) is 1.39. The summed E-state index contributed by atoms with van der Waals surface area (Å²) >= 11 is 14.6. The molecule has 0 unspecified atom stereocenters. The van der Waals surface area contributed by atoms with Crippen LogP contribution in [0.5, 0.6) is 5.75 Å². The molecule has 0 fully saturated rings. The average Bonchev–Trinajstić information content (AvgIpc) is 3.30. The van der Waals surface area contributed by atoms with E-state index in [9.17, 15) is 14.4 Å². The Bertz CT molecular complexity index is 1860. The Morgan fingerprint density at radius 1 is 0.857 bits per heavy atom. The molecule has 0 bridgehead atoms. The molecule has 0 atom stereocenters. The van der Waals surface area contributed by atoms with Crippen LogP contribution in [0.15, 0.2) is 99.0 Å². The molecule has 5 rings (SSSR count). The number of amides is 2. The molecule has 7 nitrogen and oxygen atoms in total. The van der Waals surface area contributed by atoms with Crippen LogP contribution in [0.2, 0.25) is 5.02 Å². The van der Waals surface area contributed by atoms with Gasteiger partial charge in [0, 0.05) is 35.8 Å². The number of carbonyl (C=O) groups excluding carboxylic acids is 3. The zero-order valence-electron chi connectivity index (χ0n) is 21.8. The lowest BCUT2D eigenvalue weighted by Gasteiger charge is -2.08. The number of aryl methyl sites for hydroxylation is 1. The number of fused-ring (bicyclic) bond motifs is 1. The van der Waals surface area contributed by atoms with Gasteiger partial charge in [0.1, 0.15) is 10.6 Å². The van der Waals surface area contributed by atoms with E-state index in [0.717, 1.165) is 24.6 Å². The number of hydrazone groups is 1. The first-order chi connectivity index (χ1) is 20.2. The van der Waals surface area contributed by atoms with Gasteiger partial charge >= 0.3 is 5.97 Å². The largest absolute Gasteiger partial charge is 0.422 e. The van der Waals surface area contributed by atoms with E-state index in [2.05, 4.69) is 47.7 Å². The second-order valence-corrected chi connectivity index (χ2v) is 12.3. The number of rotatable bonds is 7. The molecule has 0 aliphatic rings. The van der Waals surface area contributed by atoms with Gasteiger partial charge in [0.25, 0.3) is 11.8 Å². The number of nitrogens with zero attached hydrogens (tertiary/aromatic N) is 1. The van der Waals surface area contributed by atoms with Crippen LogP contribution in [0.1, 0.15) is 41.5 Å². The van der Waals surface area contributed by atoms with E-state index in [1.165, 1.54) is 17.6 Å². The fourth-order valence-electron chi connectivity index (χ4n) is 3.86. The van der Waals surface area contributed by atoms with Gasteiger partial charge in [-0.3, -0.25) is 9.59 Å². The fourth-order valence-corrected chi connectivity index (χ4v) is 6.21. The van der Waals surface area contributed by atoms with Crippen LogP contribution in [-0.4, -0.2) is 24.0 Å². The summed E-state index contributed by atoms with van der Waals surface area (Å²) in [6, 6.07) is 24.1. The number of nitrogens with one attached hydrogen (secondary N) is 2. The van der Waals surface area contributed by atoms with Crippen molar-refractivity contribution in [1.29, 1.82) is 0 Å². The highest BCUT2D eigenvalue weighted by molar-refractivity contribution is 9.10. The van der Waals surface area contributed by atoms with Gasteiger partial charge in [0.15, 0.2) is 0 Å². The van der Waals surface area contributed by atoms with Crippen molar-refractivity contribution >= 4 is 94.6 Å². The molecule has 42 heavy (non-hydrogen) atoms. The van der Waals surface area contributed by atoms with E-state index in [-0.39, 0.29) is 11.7 Å². The van der Waals surface area contributed by atoms with Gasteiger partial charge in [-0.1, -0.05) is 67.2 Å². The number of thiophene rings is 1. The van der Waals surface area contributed by atoms with E-state index in [1.54, 1.807) is 54.6 Å². The molecule has 2 amide bonds. The molecule has 11 heteroatoms. The molecule has 0 radical (unpaired) electrons. The summed E-state index contributed by atoms with van der Waals surface area (Å²) in [7, 11) is 0. The van der Waals surface area contributed by atoms with E-state index in [0.29, 0.717) is 32.3 Å². The summed E-state index contributed by atoms with van der Waals surface area (Å²) in [5.74, 6) is -1.03. The van der Waals surface area contributed by atoms with Gasteiger partial charge in [0.05, 0.1) is 16.8 Å². The highest BCUT2D eigenvalue weighted by Gasteiger charge is 2.18. The average molecular weight is 726 g/mol. The number of hydrogen-bond acceptors (Lipinski definition) is 6. The number of anilines is 1. The monoisotopic (exact) mass is 723 g/mol. The Morgan fingerprint density at radius 3 is 2.26 bits per heavy atom. The van der Waals surface area contributed by atoms with E-state index in [1.807, 2.05) is 37.3 Å². The van der Waals surface area contributed by atoms with Crippen LogP contribution in [-0.2, 0) is 0 Å². The minimum Gasteiger partial charge on any atom is -0.422 e. The van der Waals surface area contributed by atoms with Crippen LogP contribution in [0.3, 0.4) is 0 Å². The first-order valence-electron chi connectivity index (χ1n) is 12.4. The maximum absolute atomic E-state index is 12.9. The molecule has 0 spiro atoms. The zero-order chi connectivity index (χ0) is 29.8. The quantitative estimate of drug-likeness (QED) is 0.0760. The van der Waals surface area contributed by atoms with Crippen molar-refractivity contribution in [3.63, 3.8) is 0 Å². The van der Waals surface area contributed by atoms with Gasteiger partial charge in [-0.25, -0.2) is 10.2 Å². The van der Waals surface area contributed by atoms with Crippen LogP contribution in [0.25, 0.3) is 10.1 Å². The summed E-state index contributed by atoms with van der Waals surface area (Å²) < 4.78 is 8.11. The van der Waals surface area contributed by atoms with Crippen molar-refractivity contribution in [2.24, 2.45) is 5.10 Å². The van der Waals surface area contributed by atoms with Crippen molar-refractivity contribution in [3.05, 3.63) is 126 Å². The SMILES string of the molecule is Cc1ccc(C(=O)Oc2ccc(Br)cc2/C=N\NC(=O)c2ccc(NC(=O)c3sc4cc(Br)ccc4c3Cl)cc2)cc1. The number of hydrogen-bond donors (Lipinski definition) is 2. The van der Waals surface area contributed by atoms with Crippen molar-refractivity contribution in [2.45, 2.75) is 6.92 Å². The lowest BCUT2D eigenvalue weighted by atomic mass is 10.1. The minimum absolute atomic E-state index is 0.285. The summed E-state index contributed by atoms with van der Waals surface area (Å²) in [5, 5.41) is 8.05. The van der Waals surface area contributed by atoms with Crippen LogP contribution < -0.4 is 15.5 Å². The fraction of sp³-hybridized carbons (Fsp3) is 0.0323. The first kappa shape index (κ1) is 29.7. The van der Waals surface area contributed by atoms with Crippen molar-refractivity contribution in [1.82, 2.24) is 5.43 Å². The van der Waals surface area contributed by atoms with Gasteiger partial charge < -0.3 is 10.1 Å². The molecular weight excluding hydrogens is 706 g/mol. The zero-order valence-corrected chi connectivity index (χ0v) is 26.5. The van der Waals surface area contributed by atoms with E-state index < -0.39 is 11.9 Å². The highest BCUT2D eigenvalue weighted by atomic mass is 79.9. The Balaban J connectivity index is 1.22. The lowest BCUT2D eigenvalue weighted by Crippen LogP contribution is -2.18. The summed E-state index contributed by atoms with van der Waals surface area (Å²) in [6.45, 7) is 1.93. The van der Waals surface area contributed by atoms with Crippen molar-refractivity contribution in [2.75, 3.05) is 5.32 Å². The van der Waals surface area contributed by atoms with E-state index in [4.69, 9.17) is 16.3 Å². The summed E-state index contributed by atoms with van der Waals surface area (Å²) in [4.78, 5) is 38.5. The molecule has 0 aliphatic heterocycles. The van der Waals surface area contributed by atoms with Crippen LogP contribution >= 0.6 is 54.8 Å². The number of ether oxygens (including phenoxy) is 1. The minimum atomic E-state index is -0.508. The second-order valence-electron chi connectivity index (χ2n) is 9.05. The molecule has 0 saturated carbocycles. The van der Waals surface area contributed by atoms with Crippen LogP contribution in [0, 0.1) is 6.92 Å². The second kappa shape index (κ2) is 13.0. The molecule has 1 aromatic heterocycles. The first-order valence-corrected chi connectivity index (χ1v) is 15.2. The number of halogens is 3. The third kappa shape index (κ3) is 6.96. The van der Waals surface area contributed by atoms with Gasteiger partial charge in [-0.05, 0) is 73.7 Å². The smallest absolute Gasteiger partial charge is 0.343 e. The molecule has 2 N–H and O–H groups in total. The topological polar surface area (TPSA) is 96.9 Å². The Morgan fingerprint density at radius 2 is 1.52 bits per heavy atom. The normalized spacial score (nSPS) is 11.0. The number of benzene rings is 4. The summed E-state index contributed by atoms with van der Waals surface area (Å²) in [5.41, 5.74) is 5.23. The Labute approximate surface area is 266 Å². The van der Waals surface area contributed by atoms with E-state index >= 15 is 0 Å². The maximum Gasteiger partial charge on any atom is 0.343 e. The molecule has 0 saturated heterocycles.